The van der Waals surface area contributed by atoms with Crippen LogP contribution in [0.4, 0.5) is 5.69 Å². The third kappa shape index (κ3) is 1.87. The molecule has 12 heavy (non-hydrogen) atoms. The summed E-state index contributed by atoms with van der Waals surface area (Å²) < 4.78 is 16.5. The van der Waals surface area contributed by atoms with Crippen molar-refractivity contribution in [1.29, 1.82) is 0 Å². The third-order valence-electron chi connectivity index (χ3n) is 1.71. The number of nitrogen functional groups attached to an aromatic ring is 1. The normalized spacial score (nSPS) is 15.5. The van der Waals surface area contributed by atoms with E-state index >= 15 is 0 Å². The second-order valence-electron chi connectivity index (χ2n) is 2.62. The van der Waals surface area contributed by atoms with E-state index in [-0.39, 0.29) is 0 Å². The van der Waals surface area contributed by atoms with Crippen molar-refractivity contribution >= 4 is 18.4 Å². The Morgan fingerprint density at radius 3 is 2.25 bits per heavy atom. The van der Waals surface area contributed by atoms with E-state index < -0.39 is 7.37 Å². The first kappa shape index (κ1) is 9.30. The van der Waals surface area contributed by atoms with Gasteiger partial charge in [0.1, 0.15) is 0 Å². The van der Waals surface area contributed by atoms with E-state index in [9.17, 15) is 4.57 Å². The van der Waals surface area contributed by atoms with Gasteiger partial charge in [0.15, 0.2) is 0 Å². The molecule has 1 rings (SSSR count). The van der Waals surface area contributed by atoms with Crippen LogP contribution in [0.3, 0.4) is 0 Å². The molecular formula is C8H12NO2P. The standard InChI is InChI=1S/C8H12NO2P/c1-11-12(2,10)8-5-3-7(9)4-6-8/h3-6H,9H2,1-2H3/t12-/m0/s1. The summed E-state index contributed by atoms with van der Waals surface area (Å²) in [5.74, 6) is 0. The van der Waals surface area contributed by atoms with Crippen molar-refractivity contribution < 1.29 is 9.09 Å². The monoisotopic (exact) mass is 185 g/mol. The minimum Gasteiger partial charge on any atom is -0.399 e. The van der Waals surface area contributed by atoms with Gasteiger partial charge in [0.05, 0.1) is 0 Å². The summed E-state index contributed by atoms with van der Waals surface area (Å²) in [7, 11) is -1.16. The fourth-order valence-electron chi connectivity index (χ4n) is 0.851. The molecule has 0 heterocycles. The molecule has 0 aliphatic rings. The molecule has 0 amide bonds. The summed E-state index contributed by atoms with van der Waals surface area (Å²) in [6.45, 7) is 1.58. The molecule has 1 aromatic carbocycles. The Morgan fingerprint density at radius 1 is 1.33 bits per heavy atom. The Balaban J connectivity index is 3.05. The van der Waals surface area contributed by atoms with Crippen molar-refractivity contribution in [2.75, 3.05) is 19.5 Å². The molecule has 0 bridgehead atoms. The van der Waals surface area contributed by atoms with Gasteiger partial charge in [-0.3, -0.25) is 4.57 Å². The van der Waals surface area contributed by atoms with Gasteiger partial charge in [-0.15, -0.1) is 0 Å². The number of nitrogens with two attached hydrogens (primary N) is 1. The van der Waals surface area contributed by atoms with Gasteiger partial charge in [-0.05, 0) is 24.3 Å². The van der Waals surface area contributed by atoms with Gasteiger partial charge in [0.2, 0.25) is 7.37 Å². The Hall–Kier alpha value is -0.790. The molecule has 4 heteroatoms. The quantitative estimate of drug-likeness (QED) is 0.560. The smallest absolute Gasteiger partial charge is 0.228 e. The molecular weight excluding hydrogens is 173 g/mol. The van der Waals surface area contributed by atoms with Gasteiger partial charge in [-0.2, -0.15) is 0 Å². The van der Waals surface area contributed by atoms with Crippen molar-refractivity contribution in [3.05, 3.63) is 24.3 Å². The van der Waals surface area contributed by atoms with Crippen LogP contribution in [0.5, 0.6) is 0 Å². The van der Waals surface area contributed by atoms with Gasteiger partial charge < -0.3 is 10.3 Å². The highest BCUT2D eigenvalue weighted by Gasteiger charge is 2.15. The molecule has 3 nitrogen and oxygen atoms in total. The first-order valence-electron chi connectivity index (χ1n) is 3.55. The van der Waals surface area contributed by atoms with E-state index in [4.69, 9.17) is 10.3 Å². The van der Waals surface area contributed by atoms with Crippen molar-refractivity contribution in [3.63, 3.8) is 0 Å². The SMILES string of the molecule is CO[P@](C)(=O)c1ccc(N)cc1. The second kappa shape index (κ2) is 3.30. The van der Waals surface area contributed by atoms with Crippen LogP contribution in [0.25, 0.3) is 0 Å². The summed E-state index contributed by atoms with van der Waals surface area (Å²) in [4.78, 5) is 0. The van der Waals surface area contributed by atoms with Crippen molar-refractivity contribution in [2.45, 2.75) is 0 Å². The average molecular weight is 185 g/mol. The minimum absolute atomic E-state index is 0.662. The molecule has 0 saturated carbocycles. The first-order valence-corrected chi connectivity index (χ1v) is 5.63. The molecule has 0 radical (unpaired) electrons. The van der Waals surface area contributed by atoms with Crippen LogP contribution >= 0.6 is 7.37 Å². The zero-order valence-corrected chi connectivity index (χ0v) is 8.04. The van der Waals surface area contributed by atoms with E-state index in [0.717, 1.165) is 0 Å². The maximum Gasteiger partial charge on any atom is 0.228 e. The lowest BCUT2D eigenvalue weighted by atomic mass is 10.3. The molecule has 1 atom stereocenters. The highest BCUT2D eigenvalue weighted by molar-refractivity contribution is 7.66. The summed E-state index contributed by atoms with van der Waals surface area (Å²) in [5, 5.41) is 0.694. The second-order valence-corrected chi connectivity index (χ2v) is 5.19. The van der Waals surface area contributed by atoms with Gasteiger partial charge in [0.25, 0.3) is 0 Å². The average Bonchev–Trinajstić information content (AvgIpc) is 2.05. The maximum absolute atomic E-state index is 11.6. The molecule has 0 aliphatic carbocycles. The van der Waals surface area contributed by atoms with Crippen molar-refractivity contribution in [2.24, 2.45) is 0 Å². The lowest BCUT2D eigenvalue weighted by molar-refractivity contribution is 0.408. The third-order valence-corrected chi connectivity index (χ3v) is 3.64. The number of hydrogen-bond acceptors (Lipinski definition) is 3. The largest absolute Gasteiger partial charge is 0.399 e. The maximum atomic E-state index is 11.6. The van der Waals surface area contributed by atoms with Gasteiger partial charge in [-0.25, -0.2) is 0 Å². The number of anilines is 1. The summed E-state index contributed by atoms with van der Waals surface area (Å²) >= 11 is 0. The Labute approximate surface area is 72.0 Å². The van der Waals surface area contributed by atoms with E-state index in [2.05, 4.69) is 0 Å². The van der Waals surface area contributed by atoms with E-state index in [1.54, 1.807) is 30.9 Å². The van der Waals surface area contributed by atoms with Crippen LogP contribution in [0.2, 0.25) is 0 Å². The molecule has 0 fully saturated rings. The molecule has 0 aliphatic heterocycles. The zero-order chi connectivity index (χ0) is 9.19. The molecule has 0 saturated heterocycles. The topological polar surface area (TPSA) is 52.3 Å². The molecule has 0 unspecified atom stereocenters. The van der Waals surface area contributed by atoms with Gasteiger partial charge >= 0.3 is 0 Å². The fraction of sp³-hybridized carbons (Fsp3) is 0.250. The van der Waals surface area contributed by atoms with E-state index in [0.29, 0.717) is 11.0 Å². The van der Waals surface area contributed by atoms with Crippen LogP contribution in [0, 0.1) is 0 Å². The Kier molecular flexibility index (Phi) is 2.55. The van der Waals surface area contributed by atoms with Crippen molar-refractivity contribution in [3.8, 4) is 0 Å². The summed E-state index contributed by atoms with van der Waals surface area (Å²) in [5.41, 5.74) is 6.14. The Bertz CT molecular complexity index is 307. The predicted molar refractivity (Wildman–Crippen MR) is 51.0 cm³/mol. The van der Waals surface area contributed by atoms with Crippen molar-refractivity contribution in [1.82, 2.24) is 0 Å². The fourth-order valence-corrected chi connectivity index (χ4v) is 1.75. The van der Waals surface area contributed by atoms with Crippen LogP contribution in [-0.2, 0) is 9.09 Å². The highest BCUT2D eigenvalue weighted by atomic mass is 31.2. The number of rotatable bonds is 2. The van der Waals surface area contributed by atoms with Gasteiger partial charge in [-0.1, -0.05) is 0 Å². The highest BCUT2D eigenvalue weighted by Crippen LogP contribution is 2.39. The lowest BCUT2D eigenvalue weighted by Crippen LogP contribution is -2.04. The van der Waals surface area contributed by atoms with Gasteiger partial charge in [0, 0.05) is 24.8 Å². The van der Waals surface area contributed by atoms with Crippen LogP contribution in [-0.4, -0.2) is 13.8 Å². The number of hydrogen-bond donors (Lipinski definition) is 1. The van der Waals surface area contributed by atoms with E-state index in [1.807, 2.05) is 0 Å². The molecule has 0 spiro atoms. The number of benzene rings is 1. The predicted octanol–water partition coefficient (Wildman–Crippen LogP) is 1.45. The summed E-state index contributed by atoms with van der Waals surface area (Å²) in [6, 6.07) is 6.87. The molecule has 2 N–H and O–H groups in total. The van der Waals surface area contributed by atoms with Crippen LogP contribution in [0.1, 0.15) is 0 Å². The zero-order valence-electron chi connectivity index (χ0n) is 7.15. The first-order chi connectivity index (χ1) is 5.56. The molecule has 0 aromatic heterocycles. The van der Waals surface area contributed by atoms with Crippen LogP contribution < -0.4 is 11.0 Å². The molecule has 66 valence electrons. The van der Waals surface area contributed by atoms with E-state index in [1.165, 1.54) is 7.11 Å². The van der Waals surface area contributed by atoms with Crippen LogP contribution in [0.15, 0.2) is 24.3 Å². The Morgan fingerprint density at radius 2 is 1.83 bits per heavy atom. The lowest BCUT2D eigenvalue weighted by Gasteiger charge is -2.10. The molecule has 1 aromatic rings. The minimum atomic E-state index is -2.60. The summed E-state index contributed by atoms with van der Waals surface area (Å²) in [6.07, 6.45) is 0.